The summed E-state index contributed by atoms with van der Waals surface area (Å²) in [4.78, 5) is 14.4. The van der Waals surface area contributed by atoms with E-state index in [0.717, 1.165) is 11.9 Å². The highest BCUT2D eigenvalue weighted by Crippen LogP contribution is 2.11. The fourth-order valence-corrected chi connectivity index (χ4v) is 1.93. The zero-order chi connectivity index (χ0) is 15.9. The Hall–Kier alpha value is -2.41. The zero-order valence-corrected chi connectivity index (χ0v) is 12.4. The number of carbonyl (C=O) groups excluding carboxylic acids is 1. The molecule has 2 aromatic rings. The molecule has 0 unspecified atom stereocenters. The summed E-state index contributed by atoms with van der Waals surface area (Å²) in [7, 11) is -3.38. The predicted molar refractivity (Wildman–Crippen MR) is 78.9 cm³/mol. The van der Waals surface area contributed by atoms with Crippen LogP contribution >= 0.6 is 0 Å². The van der Waals surface area contributed by atoms with E-state index in [4.69, 9.17) is 0 Å². The second-order valence-corrected chi connectivity index (χ2v) is 5.96. The third-order valence-corrected chi connectivity index (χ3v) is 2.82. The minimum absolute atomic E-state index is 0.0707. The minimum atomic E-state index is -3.38. The molecule has 0 aliphatic heterocycles. The van der Waals surface area contributed by atoms with Crippen LogP contribution in [0, 0.1) is 6.92 Å². The van der Waals surface area contributed by atoms with E-state index in [-0.39, 0.29) is 11.3 Å². The normalized spacial score (nSPS) is 10.2. The Kier molecular flexibility index (Phi) is 5.86. The van der Waals surface area contributed by atoms with Crippen LogP contribution in [0.15, 0.2) is 48.7 Å². The highest BCUT2D eigenvalue weighted by atomic mass is 32.2. The SMILES string of the molecule is CS(=O)(=O)Nc1cccc(C([O])=O)c1.Cc1ccccn1. The molecule has 7 heteroatoms. The minimum Gasteiger partial charge on any atom is -0.284 e. The maximum Gasteiger partial charge on any atom is 0.386 e. The molecule has 1 N–H and O–H groups in total. The van der Waals surface area contributed by atoms with Crippen molar-refractivity contribution in [3.8, 4) is 0 Å². The van der Waals surface area contributed by atoms with E-state index < -0.39 is 16.0 Å². The number of carbonyl (C=O) groups is 1. The third-order valence-electron chi connectivity index (χ3n) is 2.21. The van der Waals surface area contributed by atoms with E-state index in [9.17, 15) is 18.3 Å². The molecular formula is C14H15N2O4S. The van der Waals surface area contributed by atoms with Crippen LogP contribution in [0.1, 0.15) is 16.1 Å². The Morgan fingerprint density at radius 3 is 2.29 bits per heavy atom. The smallest absolute Gasteiger partial charge is 0.284 e. The predicted octanol–water partition coefficient (Wildman–Crippen LogP) is 2.02. The number of nitrogens with one attached hydrogen (secondary N) is 1. The van der Waals surface area contributed by atoms with Gasteiger partial charge < -0.3 is 0 Å². The number of hydrogen-bond acceptors (Lipinski definition) is 4. The molecule has 0 spiro atoms. The number of pyridine rings is 1. The Balaban J connectivity index is 0.000000262. The van der Waals surface area contributed by atoms with Crippen molar-refractivity contribution in [2.75, 3.05) is 11.0 Å². The molecule has 21 heavy (non-hydrogen) atoms. The molecule has 0 fully saturated rings. The van der Waals surface area contributed by atoms with Gasteiger partial charge in [-0.15, -0.1) is 0 Å². The van der Waals surface area contributed by atoms with Gasteiger partial charge in [0.05, 0.1) is 11.8 Å². The van der Waals surface area contributed by atoms with Crippen LogP contribution in [0.25, 0.3) is 0 Å². The van der Waals surface area contributed by atoms with Crippen molar-refractivity contribution in [3.63, 3.8) is 0 Å². The van der Waals surface area contributed by atoms with Crippen LogP contribution in [-0.2, 0) is 15.1 Å². The Labute approximate surface area is 123 Å². The standard InChI is InChI=1S/C8H8NO4S.C6H7N/c1-14(12,13)9-7-4-2-3-6(5-7)8(10)11;1-6-4-2-3-5-7-6/h2-5,9H,1H3;2-5H,1H3. The highest BCUT2D eigenvalue weighted by Gasteiger charge is 2.07. The number of aromatic nitrogens is 1. The lowest BCUT2D eigenvalue weighted by Gasteiger charge is -2.03. The van der Waals surface area contributed by atoms with Crippen molar-refractivity contribution in [1.82, 2.24) is 4.98 Å². The summed E-state index contributed by atoms with van der Waals surface area (Å²) < 4.78 is 23.8. The number of benzene rings is 1. The van der Waals surface area contributed by atoms with Gasteiger partial charge in [-0.2, -0.15) is 0 Å². The van der Waals surface area contributed by atoms with Crippen LogP contribution in [0.2, 0.25) is 0 Å². The summed E-state index contributed by atoms with van der Waals surface area (Å²) in [6.07, 6.45) is 2.77. The molecular weight excluding hydrogens is 292 g/mol. The Morgan fingerprint density at radius 1 is 1.14 bits per heavy atom. The first-order valence-electron chi connectivity index (χ1n) is 5.95. The van der Waals surface area contributed by atoms with E-state index in [1.807, 2.05) is 25.1 Å². The first-order valence-corrected chi connectivity index (χ1v) is 7.84. The van der Waals surface area contributed by atoms with Crippen LogP contribution in [-0.4, -0.2) is 25.6 Å². The molecule has 111 valence electrons. The van der Waals surface area contributed by atoms with E-state index in [2.05, 4.69) is 9.71 Å². The number of anilines is 1. The van der Waals surface area contributed by atoms with Crippen LogP contribution in [0.5, 0.6) is 0 Å². The molecule has 0 saturated heterocycles. The molecule has 1 radical (unpaired) electrons. The lowest BCUT2D eigenvalue weighted by molar-refractivity contribution is 0.0573. The molecule has 0 bridgehead atoms. The molecule has 1 aromatic heterocycles. The zero-order valence-electron chi connectivity index (χ0n) is 11.6. The molecule has 0 saturated carbocycles. The first kappa shape index (κ1) is 16.6. The van der Waals surface area contributed by atoms with Gasteiger partial charge in [0, 0.05) is 17.6 Å². The average molecular weight is 307 g/mol. The summed E-state index contributed by atoms with van der Waals surface area (Å²) in [5.74, 6) is -1.35. The Bertz CT molecular complexity index is 700. The molecule has 0 aliphatic rings. The first-order chi connectivity index (χ1) is 9.78. The van der Waals surface area contributed by atoms with Gasteiger partial charge in [-0.3, -0.25) is 9.71 Å². The molecule has 6 nitrogen and oxygen atoms in total. The number of sulfonamides is 1. The molecule has 0 atom stereocenters. The van der Waals surface area contributed by atoms with Gasteiger partial charge in [-0.1, -0.05) is 12.1 Å². The van der Waals surface area contributed by atoms with Gasteiger partial charge in [-0.25, -0.2) is 18.3 Å². The summed E-state index contributed by atoms with van der Waals surface area (Å²) in [6, 6.07) is 11.3. The number of aryl methyl sites for hydroxylation is 1. The maximum absolute atomic E-state index is 10.8. The number of hydrogen-bond donors (Lipinski definition) is 1. The summed E-state index contributed by atoms with van der Waals surface area (Å²) in [5.41, 5.74) is 1.20. The van der Waals surface area contributed by atoms with Gasteiger partial charge in [-0.05, 0) is 37.3 Å². The van der Waals surface area contributed by atoms with Gasteiger partial charge in [0.2, 0.25) is 10.0 Å². The van der Waals surface area contributed by atoms with E-state index in [1.54, 1.807) is 6.20 Å². The number of nitrogens with zero attached hydrogens (tertiary/aromatic N) is 1. The van der Waals surface area contributed by atoms with E-state index in [0.29, 0.717) is 0 Å². The van der Waals surface area contributed by atoms with Crippen LogP contribution in [0.3, 0.4) is 0 Å². The number of rotatable bonds is 3. The fourth-order valence-electron chi connectivity index (χ4n) is 1.37. The van der Waals surface area contributed by atoms with Crippen LogP contribution in [0.4, 0.5) is 5.69 Å². The molecule has 0 amide bonds. The fraction of sp³-hybridized carbons (Fsp3) is 0.143. The van der Waals surface area contributed by atoms with Gasteiger partial charge in [0.1, 0.15) is 0 Å². The van der Waals surface area contributed by atoms with E-state index in [1.165, 1.54) is 24.3 Å². The van der Waals surface area contributed by atoms with Crippen LogP contribution < -0.4 is 4.72 Å². The molecule has 1 heterocycles. The van der Waals surface area contributed by atoms with Gasteiger partial charge in [0.25, 0.3) is 0 Å². The van der Waals surface area contributed by atoms with Crippen molar-refractivity contribution >= 4 is 21.7 Å². The van der Waals surface area contributed by atoms with Gasteiger partial charge >= 0.3 is 5.97 Å². The topological polar surface area (TPSA) is 96.0 Å². The van der Waals surface area contributed by atoms with Crippen molar-refractivity contribution in [2.45, 2.75) is 6.92 Å². The molecule has 0 aliphatic carbocycles. The van der Waals surface area contributed by atoms with Crippen molar-refractivity contribution < 1.29 is 18.3 Å². The Morgan fingerprint density at radius 2 is 1.86 bits per heavy atom. The van der Waals surface area contributed by atoms with Crippen molar-refractivity contribution in [3.05, 3.63) is 59.9 Å². The third kappa shape index (κ3) is 7.07. The molecule has 1 aromatic carbocycles. The summed E-state index contributed by atoms with van der Waals surface area (Å²) in [5, 5.41) is 10.4. The van der Waals surface area contributed by atoms with Crippen molar-refractivity contribution in [2.24, 2.45) is 0 Å². The summed E-state index contributed by atoms with van der Waals surface area (Å²) in [6.45, 7) is 1.97. The van der Waals surface area contributed by atoms with E-state index >= 15 is 0 Å². The quantitative estimate of drug-likeness (QED) is 0.938. The largest absolute Gasteiger partial charge is 0.386 e. The van der Waals surface area contributed by atoms with Crippen molar-refractivity contribution in [1.29, 1.82) is 0 Å². The summed E-state index contributed by atoms with van der Waals surface area (Å²) >= 11 is 0. The highest BCUT2D eigenvalue weighted by molar-refractivity contribution is 7.92. The monoisotopic (exact) mass is 307 g/mol. The lowest BCUT2D eigenvalue weighted by atomic mass is 10.2. The lowest BCUT2D eigenvalue weighted by Crippen LogP contribution is -2.10. The average Bonchev–Trinajstić information content (AvgIpc) is 2.38. The van der Waals surface area contributed by atoms with Gasteiger partial charge in [0.15, 0.2) is 0 Å². The maximum atomic E-state index is 10.8. The molecule has 2 rings (SSSR count). The second-order valence-electron chi connectivity index (χ2n) is 4.21. The second kappa shape index (κ2) is 7.39.